The fourth-order valence-corrected chi connectivity index (χ4v) is 2.20. The van der Waals surface area contributed by atoms with Crippen molar-refractivity contribution in [2.24, 2.45) is 5.73 Å². The van der Waals surface area contributed by atoms with Gasteiger partial charge in [-0.1, -0.05) is 37.6 Å². The summed E-state index contributed by atoms with van der Waals surface area (Å²) < 4.78 is 0. The van der Waals surface area contributed by atoms with E-state index in [0.717, 1.165) is 24.5 Å². The van der Waals surface area contributed by atoms with Crippen LogP contribution < -0.4 is 5.73 Å². The fraction of sp³-hybridized carbons (Fsp3) is 0.538. The molecular formula is C13H21ClN2. The van der Waals surface area contributed by atoms with Crippen LogP contribution in [0.2, 0.25) is 5.02 Å². The van der Waals surface area contributed by atoms with Crippen molar-refractivity contribution in [1.82, 2.24) is 4.90 Å². The molecule has 0 saturated heterocycles. The first-order valence-electron chi connectivity index (χ1n) is 5.78. The Morgan fingerprint density at radius 1 is 1.19 bits per heavy atom. The van der Waals surface area contributed by atoms with E-state index < -0.39 is 0 Å². The van der Waals surface area contributed by atoms with Crippen molar-refractivity contribution in [2.75, 3.05) is 13.1 Å². The second-order valence-electron chi connectivity index (χ2n) is 4.33. The highest BCUT2D eigenvalue weighted by Crippen LogP contribution is 2.17. The maximum absolute atomic E-state index is 6.35. The molecule has 2 nitrogen and oxygen atoms in total. The van der Waals surface area contributed by atoms with Gasteiger partial charge in [-0.2, -0.15) is 0 Å². The van der Waals surface area contributed by atoms with Crippen molar-refractivity contribution in [3.05, 3.63) is 34.9 Å². The third kappa shape index (κ3) is 3.48. The van der Waals surface area contributed by atoms with E-state index in [-0.39, 0.29) is 5.66 Å². The number of hydrogen-bond acceptors (Lipinski definition) is 2. The molecule has 2 N–H and O–H groups in total. The molecule has 0 amide bonds. The number of halogens is 1. The summed E-state index contributed by atoms with van der Waals surface area (Å²) in [5, 5.41) is 0.769. The molecule has 0 fully saturated rings. The Morgan fingerprint density at radius 2 is 1.69 bits per heavy atom. The molecule has 0 aliphatic carbocycles. The summed E-state index contributed by atoms with van der Waals surface area (Å²) in [6.07, 6.45) is 0.839. The van der Waals surface area contributed by atoms with E-state index >= 15 is 0 Å². The van der Waals surface area contributed by atoms with Gasteiger partial charge in [0.25, 0.3) is 0 Å². The molecule has 0 radical (unpaired) electrons. The normalized spacial score (nSPS) is 15.1. The van der Waals surface area contributed by atoms with Gasteiger partial charge in [-0.15, -0.1) is 0 Å². The van der Waals surface area contributed by atoms with Crippen molar-refractivity contribution in [3.8, 4) is 0 Å². The van der Waals surface area contributed by atoms with E-state index in [9.17, 15) is 0 Å². The molecule has 0 bridgehead atoms. The van der Waals surface area contributed by atoms with Gasteiger partial charge in [0.1, 0.15) is 0 Å². The highest BCUT2D eigenvalue weighted by molar-refractivity contribution is 6.30. The van der Waals surface area contributed by atoms with Crippen LogP contribution in [0.3, 0.4) is 0 Å². The lowest BCUT2D eigenvalue weighted by molar-refractivity contribution is 0.123. The second kappa shape index (κ2) is 5.67. The zero-order chi connectivity index (χ0) is 12.2. The van der Waals surface area contributed by atoms with Crippen molar-refractivity contribution in [2.45, 2.75) is 32.9 Å². The van der Waals surface area contributed by atoms with E-state index in [1.54, 1.807) is 0 Å². The van der Waals surface area contributed by atoms with Crippen LogP contribution in [0.5, 0.6) is 0 Å². The van der Waals surface area contributed by atoms with E-state index in [4.69, 9.17) is 17.3 Å². The lowest BCUT2D eigenvalue weighted by Gasteiger charge is -2.37. The summed E-state index contributed by atoms with van der Waals surface area (Å²) in [6, 6.07) is 7.90. The Kier molecular flexibility index (Phi) is 4.78. The van der Waals surface area contributed by atoms with Gasteiger partial charge in [0.05, 0.1) is 5.66 Å². The van der Waals surface area contributed by atoms with Crippen LogP contribution in [-0.2, 0) is 6.42 Å². The standard InChI is InChI=1S/C13H21ClN2/c1-4-16(5-2)13(3,15)10-11-6-8-12(14)9-7-11/h6-9H,4-5,10,15H2,1-3H3. The molecule has 16 heavy (non-hydrogen) atoms. The summed E-state index contributed by atoms with van der Waals surface area (Å²) in [7, 11) is 0. The van der Waals surface area contributed by atoms with E-state index in [1.807, 2.05) is 24.3 Å². The van der Waals surface area contributed by atoms with Crippen LogP contribution in [0.4, 0.5) is 0 Å². The summed E-state index contributed by atoms with van der Waals surface area (Å²) in [5.74, 6) is 0. The predicted molar refractivity (Wildman–Crippen MR) is 70.7 cm³/mol. The first-order valence-corrected chi connectivity index (χ1v) is 6.15. The molecule has 0 spiro atoms. The molecule has 0 aliphatic rings. The maximum atomic E-state index is 6.35. The Hall–Kier alpha value is -0.570. The summed E-state index contributed by atoms with van der Waals surface area (Å²) in [4.78, 5) is 2.27. The molecule has 1 rings (SSSR count). The monoisotopic (exact) mass is 240 g/mol. The predicted octanol–water partition coefficient (Wildman–Crippen LogP) is 2.90. The molecule has 1 atom stereocenters. The maximum Gasteiger partial charge on any atom is 0.0699 e. The number of nitrogens with zero attached hydrogens (tertiary/aromatic N) is 1. The third-order valence-electron chi connectivity index (χ3n) is 2.96. The Labute approximate surface area is 103 Å². The minimum Gasteiger partial charge on any atom is -0.313 e. The number of likely N-dealkylation sites (N-methyl/N-ethyl adjacent to an activating group) is 1. The van der Waals surface area contributed by atoms with Crippen molar-refractivity contribution >= 4 is 11.6 Å². The van der Waals surface area contributed by atoms with Crippen LogP contribution in [0.1, 0.15) is 26.3 Å². The lowest BCUT2D eigenvalue weighted by Crippen LogP contribution is -2.55. The van der Waals surface area contributed by atoms with Crippen molar-refractivity contribution in [1.29, 1.82) is 0 Å². The average Bonchev–Trinajstić information content (AvgIpc) is 2.22. The smallest absolute Gasteiger partial charge is 0.0699 e. The van der Waals surface area contributed by atoms with Crippen LogP contribution >= 0.6 is 11.6 Å². The number of benzene rings is 1. The van der Waals surface area contributed by atoms with Gasteiger partial charge in [0.2, 0.25) is 0 Å². The topological polar surface area (TPSA) is 29.3 Å². The van der Waals surface area contributed by atoms with Gasteiger partial charge in [-0.05, 0) is 37.7 Å². The fourth-order valence-electron chi connectivity index (χ4n) is 2.07. The van der Waals surface area contributed by atoms with E-state index in [2.05, 4.69) is 25.7 Å². The van der Waals surface area contributed by atoms with Gasteiger partial charge < -0.3 is 5.73 Å². The largest absolute Gasteiger partial charge is 0.313 e. The van der Waals surface area contributed by atoms with E-state index in [0.29, 0.717) is 0 Å². The van der Waals surface area contributed by atoms with Gasteiger partial charge in [0, 0.05) is 11.4 Å². The van der Waals surface area contributed by atoms with Crippen LogP contribution in [0.15, 0.2) is 24.3 Å². The van der Waals surface area contributed by atoms with Crippen molar-refractivity contribution < 1.29 is 0 Å². The Morgan fingerprint density at radius 3 is 2.12 bits per heavy atom. The number of rotatable bonds is 5. The quantitative estimate of drug-likeness (QED) is 0.802. The molecule has 0 aliphatic heterocycles. The minimum atomic E-state index is -0.294. The summed E-state index contributed by atoms with van der Waals surface area (Å²) in [6.45, 7) is 8.29. The molecular weight excluding hydrogens is 220 g/mol. The van der Waals surface area contributed by atoms with Gasteiger partial charge in [-0.3, -0.25) is 4.90 Å². The SMILES string of the molecule is CCN(CC)C(C)(N)Cc1ccc(Cl)cc1. The second-order valence-corrected chi connectivity index (χ2v) is 4.77. The van der Waals surface area contributed by atoms with Crippen LogP contribution in [0.25, 0.3) is 0 Å². The third-order valence-corrected chi connectivity index (χ3v) is 3.21. The average molecular weight is 241 g/mol. The molecule has 0 aromatic heterocycles. The molecule has 90 valence electrons. The number of nitrogens with two attached hydrogens (primary N) is 1. The number of hydrogen-bond donors (Lipinski definition) is 1. The van der Waals surface area contributed by atoms with Crippen LogP contribution in [0, 0.1) is 0 Å². The lowest BCUT2D eigenvalue weighted by atomic mass is 10.0. The summed E-state index contributed by atoms with van der Waals surface area (Å²) in [5.41, 5.74) is 7.27. The van der Waals surface area contributed by atoms with Gasteiger partial charge in [-0.25, -0.2) is 0 Å². The highest BCUT2D eigenvalue weighted by Gasteiger charge is 2.24. The Bertz CT molecular complexity index is 315. The first kappa shape index (κ1) is 13.5. The molecule has 0 saturated carbocycles. The minimum absolute atomic E-state index is 0.294. The highest BCUT2D eigenvalue weighted by atomic mass is 35.5. The first-order chi connectivity index (χ1) is 7.49. The zero-order valence-corrected chi connectivity index (χ0v) is 11.1. The van der Waals surface area contributed by atoms with Gasteiger partial charge in [0.15, 0.2) is 0 Å². The molecule has 1 unspecified atom stereocenters. The van der Waals surface area contributed by atoms with Gasteiger partial charge >= 0.3 is 0 Å². The molecule has 0 heterocycles. The van der Waals surface area contributed by atoms with Crippen LogP contribution in [-0.4, -0.2) is 23.7 Å². The molecule has 1 aromatic carbocycles. The summed E-state index contributed by atoms with van der Waals surface area (Å²) >= 11 is 5.86. The van der Waals surface area contributed by atoms with E-state index in [1.165, 1.54) is 5.56 Å². The molecule has 3 heteroatoms. The van der Waals surface area contributed by atoms with Crippen molar-refractivity contribution in [3.63, 3.8) is 0 Å². The molecule has 1 aromatic rings. The Balaban J connectivity index is 2.75. The zero-order valence-electron chi connectivity index (χ0n) is 10.3.